The minimum atomic E-state index is -2.17. The van der Waals surface area contributed by atoms with E-state index in [-0.39, 0.29) is 48.7 Å². The first-order chi connectivity index (χ1) is 8.66. The Balaban J connectivity index is -0.0000000197. The molecule has 23 heavy (non-hydrogen) atoms. The van der Waals surface area contributed by atoms with Gasteiger partial charge in [-0.2, -0.15) is 0 Å². The molecule has 0 radical (unpaired) electrons. The van der Waals surface area contributed by atoms with Crippen LogP contribution in [-0.4, -0.2) is 161 Å². The van der Waals surface area contributed by atoms with Crippen molar-refractivity contribution in [2.75, 3.05) is 0 Å². The Hall–Kier alpha value is 0.904. The molecule has 0 saturated carbocycles. The summed E-state index contributed by atoms with van der Waals surface area (Å²) in [7, 11) is -10.8. The van der Waals surface area contributed by atoms with Gasteiger partial charge in [0.1, 0.15) is 0 Å². The molecule has 23 heteroatoms. The van der Waals surface area contributed by atoms with Crippen molar-refractivity contribution in [2.45, 2.75) is 0 Å². The summed E-state index contributed by atoms with van der Waals surface area (Å²) in [6.07, 6.45) is 0. The molecule has 0 aromatic rings. The maximum absolute atomic E-state index is 7.17. The van der Waals surface area contributed by atoms with Gasteiger partial charge in [-0.15, -0.1) is 0 Å². The van der Waals surface area contributed by atoms with Crippen molar-refractivity contribution in [2.24, 2.45) is 0 Å². The number of hydrogen-bond acceptors (Lipinski definition) is 15. The average Bonchev–Trinajstić information content (AvgIpc) is 1.94. The summed E-state index contributed by atoms with van der Waals surface area (Å²) in [5.74, 6) is 0. The van der Waals surface area contributed by atoms with Crippen molar-refractivity contribution in [1.29, 1.82) is 0 Å². The topological polar surface area (TPSA) is 366 Å². The fraction of sp³-hybridized carbons (Fsp3) is 0. The monoisotopic (exact) mass is 388 g/mol. The van der Waals surface area contributed by atoms with Gasteiger partial charge in [-0.1, -0.05) is 0 Å². The Morgan fingerprint density at radius 2 is 0.261 bits per heavy atom. The molecule has 0 spiro atoms. The second kappa shape index (κ2) is 43.4. The molecule has 0 bridgehead atoms. The van der Waals surface area contributed by atoms with E-state index in [1.54, 1.807) is 0 Å². The van der Waals surface area contributed by atoms with Crippen molar-refractivity contribution in [1.82, 2.24) is 0 Å². The molecule has 0 aromatic carbocycles. The molecule has 0 amide bonds. The Labute approximate surface area is 160 Å². The van der Waals surface area contributed by atoms with Crippen molar-refractivity contribution in [3.8, 4) is 0 Å². The zero-order valence-corrected chi connectivity index (χ0v) is 10.6. The SMILES string of the molecule is O.O.OB(O)O.OB(O)O.OB(O)O.OB(O)O.OB(O)O.[CaH2]. The fourth-order valence-corrected chi connectivity index (χ4v) is 0. The van der Waals surface area contributed by atoms with Gasteiger partial charge in [0.15, 0.2) is 0 Å². The molecule has 0 aliphatic carbocycles. The van der Waals surface area contributed by atoms with E-state index in [1.165, 1.54) is 0 Å². The van der Waals surface area contributed by atoms with Crippen LogP contribution in [0.2, 0.25) is 0 Å². The molecule has 0 aliphatic rings. The van der Waals surface area contributed by atoms with E-state index in [0.717, 1.165) is 0 Å². The van der Waals surface area contributed by atoms with E-state index < -0.39 is 36.6 Å². The Morgan fingerprint density at radius 3 is 0.261 bits per heavy atom. The van der Waals surface area contributed by atoms with Crippen molar-refractivity contribution >= 4 is 74.3 Å². The zero-order chi connectivity index (χ0) is 17.9. The van der Waals surface area contributed by atoms with Gasteiger partial charge in [-0.05, 0) is 0 Å². The Morgan fingerprint density at radius 1 is 0.261 bits per heavy atom. The van der Waals surface area contributed by atoms with Crippen LogP contribution in [-0.2, 0) is 0 Å². The molecule has 0 aliphatic heterocycles. The van der Waals surface area contributed by atoms with Crippen LogP contribution in [0.4, 0.5) is 0 Å². The van der Waals surface area contributed by atoms with Crippen LogP contribution < -0.4 is 0 Å². The molecular weight excluding hydrogens is 366 g/mol. The molecular formula is H21B5CaO17. The van der Waals surface area contributed by atoms with E-state index in [1.807, 2.05) is 0 Å². The van der Waals surface area contributed by atoms with E-state index in [0.29, 0.717) is 0 Å². The van der Waals surface area contributed by atoms with Crippen molar-refractivity contribution in [3.05, 3.63) is 0 Å². The summed E-state index contributed by atoms with van der Waals surface area (Å²) < 4.78 is 0. The first-order valence-corrected chi connectivity index (χ1v) is 3.87. The van der Waals surface area contributed by atoms with Crippen LogP contribution in [0.25, 0.3) is 0 Å². The molecule has 0 aromatic heterocycles. The third kappa shape index (κ3) is 12200. The van der Waals surface area contributed by atoms with Crippen LogP contribution in [0.15, 0.2) is 0 Å². The van der Waals surface area contributed by atoms with Gasteiger partial charge in [0, 0.05) is 0 Å². The van der Waals surface area contributed by atoms with Gasteiger partial charge >= 0.3 is 74.3 Å². The maximum atomic E-state index is 7.17. The third-order valence-electron chi connectivity index (χ3n) is 0. The Bertz CT molecular complexity index is 81.5. The molecule has 0 unspecified atom stereocenters. The van der Waals surface area contributed by atoms with Crippen molar-refractivity contribution < 1.29 is 86.3 Å². The fourth-order valence-electron chi connectivity index (χ4n) is 0. The van der Waals surface area contributed by atoms with E-state index >= 15 is 0 Å². The summed E-state index contributed by atoms with van der Waals surface area (Å²) in [5, 5.41) is 108. The predicted molar refractivity (Wildman–Crippen MR) is 77.8 cm³/mol. The minimum absolute atomic E-state index is 0. The van der Waals surface area contributed by atoms with Crippen LogP contribution in [0.1, 0.15) is 0 Å². The number of hydrogen-bond donors (Lipinski definition) is 15. The average molecular weight is 387 g/mol. The van der Waals surface area contributed by atoms with Crippen LogP contribution in [0.3, 0.4) is 0 Å². The summed E-state index contributed by atoms with van der Waals surface area (Å²) in [4.78, 5) is 0. The van der Waals surface area contributed by atoms with Crippen LogP contribution in [0, 0.1) is 0 Å². The summed E-state index contributed by atoms with van der Waals surface area (Å²) in [6, 6.07) is 0. The van der Waals surface area contributed by atoms with Gasteiger partial charge in [-0.25, -0.2) is 0 Å². The van der Waals surface area contributed by atoms with Crippen molar-refractivity contribution in [3.63, 3.8) is 0 Å². The van der Waals surface area contributed by atoms with Crippen LogP contribution in [0.5, 0.6) is 0 Å². The second-order valence-electron chi connectivity index (χ2n) is 1.73. The standard InChI is InChI=1S/5BH3O3.Ca.2H2O.2H/c5*2-1(3)4;;;;;/h5*2-4H;;2*1H2;;. The molecule has 140 valence electrons. The van der Waals surface area contributed by atoms with Gasteiger partial charge in [0.2, 0.25) is 0 Å². The van der Waals surface area contributed by atoms with Gasteiger partial charge in [-0.3, -0.25) is 0 Å². The van der Waals surface area contributed by atoms with Gasteiger partial charge < -0.3 is 86.3 Å². The summed E-state index contributed by atoms with van der Waals surface area (Å²) in [6.45, 7) is 0. The molecule has 19 N–H and O–H groups in total. The van der Waals surface area contributed by atoms with Crippen LogP contribution >= 0.6 is 0 Å². The second-order valence-corrected chi connectivity index (χ2v) is 1.73. The first kappa shape index (κ1) is 49.6. The third-order valence-corrected chi connectivity index (χ3v) is 0. The van der Waals surface area contributed by atoms with E-state index in [2.05, 4.69) is 0 Å². The van der Waals surface area contributed by atoms with Gasteiger partial charge in [0.05, 0.1) is 0 Å². The summed E-state index contributed by atoms with van der Waals surface area (Å²) in [5.41, 5.74) is 0. The molecule has 0 saturated heterocycles. The Kier molecular flexibility index (Phi) is 93.6. The molecule has 0 fully saturated rings. The van der Waals surface area contributed by atoms with Gasteiger partial charge in [0.25, 0.3) is 0 Å². The quantitative estimate of drug-likeness (QED) is 0.171. The predicted octanol–water partition coefficient (Wildman–Crippen LogP) is -12.8. The number of rotatable bonds is 0. The van der Waals surface area contributed by atoms with E-state index in [9.17, 15) is 0 Å². The summed E-state index contributed by atoms with van der Waals surface area (Å²) >= 11 is 0. The zero-order valence-electron chi connectivity index (χ0n) is 10.6. The molecule has 0 rings (SSSR count). The molecule has 17 nitrogen and oxygen atoms in total. The normalized spacial score (nSPS) is 5.87. The first-order valence-electron chi connectivity index (χ1n) is 3.87. The molecule has 0 heterocycles. The molecule has 0 atom stereocenters. The van der Waals surface area contributed by atoms with E-state index in [4.69, 9.17) is 75.4 Å².